The molecule has 0 fully saturated rings. The Labute approximate surface area is 370 Å². The van der Waals surface area contributed by atoms with E-state index in [1.165, 1.54) is 99.8 Å². The maximum absolute atomic E-state index is 3.53. The summed E-state index contributed by atoms with van der Waals surface area (Å²) in [6.45, 7) is 38.3. The molecule has 0 nitrogen and oxygen atoms in total. The monoisotopic (exact) mass is 864 g/mol. The second kappa shape index (κ2) is 18.7. The van der Waals surface area contributed by atoms with Crippen molar-refractivity contribution in [3.8, 4) is 11.1 Å². The summed E-state index contributed by atoms with van der Waals surface area (Å²) in [6.07, 6.45) is 1.03. The number of hydrogen-bond acceptors (Lipinski definition) is 0. The zero-order valence-corrected chi connectivity index (χ0v) is 41.6. The maximum Gasteiger partial charge on any atom is -0.0632 e. The summed E-state index contributed by atoms with van der Waals surface area (Å²) in [7, 11) is 0. The van der Waals surface area contributed by atoms with Crippen LogP contribution in [0, 0.1) is 19.9 Å². The number of hydrogen-bond donors (Lipinski definition) is 0. The fourth-order valence-electron chi connectivity index (χ4n) is 7.04. The molecule has 5 aromatic rings. The first kappa shape index (κ1) is 49.7. The smallest absolute Gasteiger partial charge is 0.0632 e. The third kappa shape index (κ3) is 12.8. The third-order valence-electron chi connectivity index (χ3n) is 10.7. The largest absolute Gasteiger partial charge is 1.00 e. The van der Waals surface area contributed by atoms with Gasteiger partial charge in [0.25, 0.3) is 0 Å². The Bertz CT molecular complexity index is 1930. The molecule has 0 aromatic heterocycles. The van der Waals surface area contributed by atoms with Crippen LogP contribution in [0.3, 0.4) is 0 Å². The van der Waals surface area contributed by atoms with Gasteiger partial charge in [0.1, 0.15) is 0 Å². The number of fused-ring (bicyclic) bond motifs is 3. The minimum atomic E-state index is 0. The Hall–Kier alpha value is -2.44. The molecule has 0 spiro atoms. The Morgan fingerprint density at radius 3 is 1.29 bits per heavy atom. The zero-order chi connectivity index (χ0) is 40.6. The van der Waals surface area contributed by atoms with E-state index >= 15 is 0 Å². The van der Waals surface area contributed by atoms with Gasteiger partial charge in [0.05, 0.1) is 0 Å². The predicted molar refractivity (Wildman–Crippen MR) is 235 cm³/mol. The van der Waals surface area contributed by atoms with Crippen LogP contribution in [0.2, 0.25) is 0 Å². The van der Waals surface area contributed by atoms with Crippen LogP contribution in [-0.2, 0) is 57.7 Å². The van der Waals surface area contributed by atoms with Crippen molar-refractivity contribution in [3.63, 3.8) is 0 Å². The minimum absolute atomic E-state index is 0. The average molecular weight is 867 g/mol. The molecule has 6 rings (SSSR count). The van der Waals surface area contributed by atoms with Crippen LogP contribution >= 0.6 is 0 Å². The van der Waals surface area contributed by atoms with Crippen LogP contribution in [0.4, 0.5) is 0 Å². The van der Waals surface area contributed by atoms with Gasteiger partial charge in [-0.25, -0.2) is 6.07 Å². The summed E-state index contributed by atoms with van der Waals surface area (Å²) in [6, 6.07) is 37.7. The van der Waals surface area contributed by atoms with E-state index in [0.29, 0.717) is 5.41 Å². The van der Waals surface area contributed by atoms with E-state index in [2.05, 4.69) is 215 Å². The molecule has 0 aliphatic heterocycles. The number of aryl methyl sites for hydroxylation is 2. The van der Waals surface area contributed by atoms with Gasteiger partial charge in [0.15, 0.2) is 0 Å². The molecular formula is C53H68Cl2Zr-2. The van der Waals surface area contributed by atoms with Gasteiger partial charge >= 0.3 is 151 Å². The molecule has 5 aromatic carbocycles. The number of halogens is 2. The first-order valence-corrected chi connectivity index (χ1v) is 21.1. The summed E-state index contributed by atoms with van der Waals surface area (Å²) in [5, 5.41) is 0. The number of rotatable bonds is 2. The van der Waals surface area contributed by atoms with Gasteiger partial charge in [-0.05, 0) is 17.4 Å². The van der Waals surface area contributed by atoms with Crippen molar-refractivity contribution in [2.24, 2.45) is 0 Å². The summed E-state index contributed by atoms with van der Waals surface area (Å²) in [4.78, 5) is 0. The molecule has 0 heterocycles. The van der Waals surface area contributed by atoms with Gasteiger partial charge in [-0.15, -0.1) is 5.56 Å². The summed E-state index contributed by atoms with van der Waals surface area (Å²) < 4.78 is 1.42. The molecule has 0 amide bonds. The third-order valence-corrected chi connectivity index (χ3v) is 12.1. The van der Waals surface area contributed by atoms with Gasteiger partial charge in [-0.2, -0.15) is 52.1 Å². The van der Waals surface area contributed by atoms with Crippen molar-refractivity contribution in [1.82, 2.24) is 0 Å². The van der Waals surface area contributed by atoms with Crippen molar-refractivity contribution in [1.29, 1.82) is 0 Å². The van der Waals surface area contributed by atoms with Gasteiger partial charge in [-0.3, -0.25) is 0 Å². The molecule has 300 valence electrons. The Morgan fingerprint density at radius 2 is 0.929 bits per heavy atom. The molecule has 0 unspecified atom stereocenters. The first-order chi connectivity index (χ1) is 24.7. The van der Waals surface area contributed by atoms with Crippen LogP contribution in [0.25, 0.3) is 11.1 Å². The van der Waals surface area contributed by atoms with Crippen molar-refractivity contribution in [2.75, 3.05) is 0 Å². The zero-order valence-electron chi connectivity index (χ0n) is 37.6. The Morgan fingerprint density at radius 1 is 0.518 bits per heavy atom. The summed E-state index contributed by atoms with van der Waals surface area (Å²) >= 11 is 1.46. The standard InChI is InChI=1S/C21H25.C21H26.C11H17.2ClH.Zr/c1-20(2,3)16-9-7-14-11-15-8-10-17(21(4,5)6)13-19(15)18(14)12-16;1-20(2,3)18-11-7-16(8-12-18)15-17-9-13-19(14-10-17)21(4,5)6;1-8-6-9(2)10(7-8)11(3,4)5;;;/h7,9-10,12-13H,11H2,1-6H3;7-14H,1-6H3;6-7H,1-5H3;2*1H;/q-1;;-1;;;+2/p-2. The average Bonchev–Trinajstić information content (AvgIpc) is 3.61. The van der Waals surface area contributed by atoms with E-state index in [0.717, 1.165) is 6.42 Å². The van der Waals surface area contributed by atoms with Gasteiger partial charge in [-0.1, -0.05) is 116 Å². The van der Waals surface area contributed by atoms with Crippen molar-refractivity contribution < 1.29 is 49.0 Å². The van der Waals surface area contributed by atoms with E-state index in [-0.39, 0.29) is 46.5 Å². The first-order valence-electron chi connectivity index (χ1n) is 19.9. The van der Waals surface area contributed by atoms with Crippen LogP contribution in [0.15, 0.2) is 91.0 Å². The molecule has 0 saturated heterocycles. The fourth-order valence-corrected chi connectivity index (χ4v) is 7.86. The van der Waals surface area contributed by atoms with Gasteiger partial charge < -0.3 is 24.8 Å². The van der Waals surface area contributed by atoms with Crippen LogP contribution in [-0.4, -0.2) is 3.21 Å². The molecule has 3 heteroatoms. The molecule has 1 aliphatic carbocycles. The normalized spacial score (nSPS) is 12.5. The van der Waals surface area contributed by atoms with Gasteiger partial charge in [0.2, 0.25) is 0 Å². The molecular weight excluding hydrogens is 799 g/mol. The van der Waals surface area contributed by atoms with E-state index < -0.39 is 0 Å². The Balaban J connectivity index is 0.000000300. The fraction of sp³-hybridized carbons (Fsp3) is 0.434. The van der Waals surface area contributed by atoms with E-state index in [1.54, 1.807) is 0 Å². The van der Waals surface area contributed by atoms with E-state index in [1.807, 2.05) is 0 Å². The summed E-state index contributed by atoms with van der Waals surface area (Å²) in [5.74, 6) is 0. The molecule has 56 heavy (non-hydrogen) atoms. The topological polar surface area (TPSA) is 0 Å². The Kier molecular flexibility index (Phi) is 16.6. The maximum atomic E-state index is 3.53. The molecule has 0 N–H and O–H groups in total. The van der Waals surface area contributed by atoms with Crippen LogP contribution in [0.5, 0.6) is 0 Å². The number of benzene rings is 4. The van der Waals surface area contributed by atoms with E-state index in [9.17, 15) is 0 Å². The molecule has 0 atom stereocenters. The van der Waals surface area contributed by atoms with Crippen molar-refractivity contribution in [2.45, 2.75) is 151 Å². The van der Waals surface area contributed by atoms with Crippen molar-refractivity contribution >= 4 is 3.21 Å². The molecule has 0 radical (unpaired) electrons. The summed E-state index contributed by atoms with van der Waals surface area (Å²) in [5.41, 5.74) is 19.3. The quantitative estimate of drug-likeness (QED) is 0.154. The molecule has 1 aliphatic rings. The van der Waals surface area contributed by atoms with Crippen LogP contribution < -0.4 is 24.8 Å². The van der Waals surface area contributed by atoms with Gasteiger partial charge in [0, 0.05) is 0 Å². The molecule has 0 saturated carbocycles. The van der Waals surface area contributed by atoms with E-state index in [4.69, 9.17) is 0 Å². The second-order valence-corrected chi connectivity index (χ2v) is 22.0. The SMILES string of the molecule is CC(C)(C)c1c[c-]c2c(c1)-c1cc(C(C)(C)C)ccc1C2.CC(C)(C)c1ccc([C](=[Zr+2])c2ccc(C(C)(C)C)cc2)cc1.Cc1cc(C(C)(C)C)c(C)[cH-]1.[Cl-].[Cl-]. The van der Waals surface area contributed by atoms with Crippen molar-refractivity contribution in [3.05, 3.63) is 158 Å². The predicted octanol–water partition coefficient (Wildman–Crippen LogP) is 8.38. The van der Waals surface area contributed by atoms with Crippen LogP contribution in [0.1, 0.15) is 165 Å². The minimum Gasteiger partial charge on any atom is -1.00 e. The second-order valence-electron chi connectivity index (χ2n) is 20.7. The molecule has 0 bridgehead atoms.